The minimum atomic E-state index is -3.66. The Bertz CT molecular complexity index is 730. The molecule has 0 unspecified atom stereocenters. The number of alkyl halides is 1. The smallest absolute Gasteiger partial charge is 0.261 e. The summed E-state index contributed by atoms with van der Waals surface area (Å²) in [5, 5.41) is 0.652. The predicted octanol–water partition coefficient (Wildman–Crippen LogP) is 4.58. The standard InChI is InChI=1S/C14H12Cl3NO2S/c15-8-7-10-1-4-12(5-2-10)21(19,20)18-11-3-6-13(16)14(17)9-11/h1-6,9,18H,7-8H2. The van der Waals surface area contributed by atoms with Crippen molar-refractivity contribution in [2.45, 2.75) is 11.3 Å². The van der Waals surface area contributed by atoms with Gasteiger partial charge in [-0.15, -0.1) is 11.6 Å². The van der Waals surface area contributed by atoms with Crippen LogP contribution < -0.4 is 4.72 Å². The molecule has 21 heavy (non-hydrogen) atoms. The van der Waals surface area contributed by atoms with Crippen LogP contribution in [0.15, 0.2) is 47.4 Å². The highest BCUT2D eigenvalue weighted by molar-refractivity contribution is 7.92. The average molecular weight is 365 g/mol. The fourth-order valence-electron chi connectivity index (χ4n) is 1.72. The van der Waals surface area contributed by atoms with Crippen LogP contribution >= 0.6 is 34.8 Å². The number of hydrogen-bond donors (Lipinski definition) is 1. The van der Waals surface area contributed by atoms with Gasteiger partial charge in [-0.1, -0.05) is 35.3 Å². The van der Waals surface area contributed by atoms with Crippen LogP contribution in [-0.2, 0) is 16.4 Å². The zero-order valence-corrected chi connectivity index (χ0v) is 13.9. The number of benzene rings is 2. The van der Waals surface area contributed by atoms with Crippen molar-refractivity contribution in [1.29, 1.82) is 0 Å². The lowest BCUT2D eigenvalue weighted by Crippen LogP contribution is -2.12. The molecule has 0 spiro atoms. The van der Waals surface area contributed by atoms with Gasteiger partial charge in [0.2, 0.25) is 0 Å². The molecule has 0 aromatic heterocycles. The highest BCUT2D eigenvalue weighted by Crippen LogP contribution is 2.26. The quantitative estimate of drug-likeness (QED) is 0.790. The van der Waals surface area contributed by atoms with Crippen molar-refractivity contribution < 1.29 is 8.42 Å². The van der Waals surface area contributed by atoms with Crippen molar-refractivity contribution in [2.75, 3.05) is 10.6 Å². The van der Waals surface area contributed by atoms with Gasteiger partial charge in [-0.05, 0) is 42.3 Å². The van der Waals surface area contributed by atoms with Crippen molar-refractivity contribution in [1.82, 2.24) is 0 Å². The van der Waals surface area contributed by atoms with Gasteiger partial charge in [0.15, 0.2) is 0 Å². The normalized spacial score (nSPS) is 11.4. The molecule has 0 radical (unpaired) electrons. The first-order chi connectivity index (χ1) is 9.92. The van der Waals surface area contributed by atoms with E-state index in [-0.39, 0.29) is 9.92 Å². The summed E-state index contributed by atoms with van der Waals surface area (Å²) in [4.78, 5) is 0.173. The van der Waals surface area contributed by atoms with Crippen LogP contribution in [0.2, 0.25) is 10.0 Å². The van der Waals surface area contributed by atoms with E-state index in [0.717, 1.165) is 5.56 Å². The van der Waals surface area contributed by atoms with Gasteiger partial charge in [-0.25, -0.2) is 8.42 Å². The summed E-state index contributed by atoms with van der Waals surface area (Å²) in [6.45, 7) is 0. The van der Waals surface area contributed by atoms with Gasteiger partial charge < -0.3 is 0 Å². The first kappa shape index (κ1) is 16.4. The number of nitrogens with one attached hydrogen (secondary N) is 1. The maximum Gasteiger partial charge on any atom is 0.261 e. The van der Waals surface area contributed by atoms with Gasteiger partial charge >= 0.3 is 0 Å². The van der Waals surface area contributed by atoms with E-state index >= 15 is 0 Å². The van der Waals surface area contributed by atoms with Gasteiger partial charge in [0.1, 0.15) is 0 Å². The second-order valence-electron chi connectivity index (χ2n) is 4.32. The molecule has 0 fully saturated rings. The summed E-state index contributed by atoms with van der Waals surface area (Å²) < 4.78 is 27.0. The van der Waals surface area contributed by atoms with E-state index < -0.39 is 10.0 Å². The molecule has 1 N–H and O–H groups in total. The molecule has 0 aliphatic heterocycles. The molecule has 0 saturated carbocycles. The van der Waals surface area contributed by atoms with Gasteiger partial charge in [0.25, 0.3) is 10.0 Å². The third-order valence-corrected chi connectivity index (χ3v) is 5.11. The van der Waals surface area contributed by atoms with E-state index in [1.54, 1.807) is 30.3 Å². The highest BCUT2D eigenvalue weighted by atomic mass is 35.5. The van der Waals surface area contributed by atoms with Crippen LogP contribution in [0.3, 0.4) is 0 Å². The van der Waals surface area contributed by atoms with Crippen LogP contribution in [0, 0.1) is 0 Å². The summed E-state index contributed by atoms with van der Waals surface area (Å²) in [6.07, 6.45) is 0.697. The zero-order valence-electron chi connectivity index (χ0n) is 10.8. The van der Waals surface area contributed by atoms with E-state index in [0.29, 0.717) is 23.0 Å². The lowest BCUT2D eigenvalue weighted by molar-refractivity contribution is 0.601. The fourth-order valence-corrected chi connectivity index (χ4v) is 3.28. The van der Waals surface area contributed by atoms with Crippen LogP contribution in [0.4, 0.5) is 5.69 Å². The van der Waals surface area contributed by atoms with Crippen LogP contribution in [0.1, 0.15) is 5.56 Å². The van der Waals surface area contributed by atoms with Crippen LogP contribution in [0.5, 0.6) is 0 Å². The first-order valence-corrected chi connectivity index (χ1v) is 8.82. The molecule has 0 bridgehead atoms. The Morgan fingerprint density at radius 3 is 2.19 bits per heavy atom. The SMILES string of the molecule is O=S(=O)(Nc1ccc(Cl)c(Cl)c1)c1ccc(CCCl)cc1. The topological polar surface area (TPSA) is 46.2 Å². The fraction of sp³-hybridized carbons (Fsp3) is 0.143. The molecule has 2 rings (SSSR count). The van der Waals surface area contributed by atoms with E-state index in [2.05, 4.69) is 4.72 Å². The Labute approximate surface area is 138 Å². The monoisotopic (exact) mass is 363 g/mol. The van der Waals surface area contributed by atoms with Gasteiger partial charge in [-0.3, -0.25) is 4.72 Å². The molecular formula is C14H12Cl3NO2S. The Balaban J connectivity index is 2.23. The Morgan fingerprint density at radius 1 is 0.952 bits per heavy atom. The molecule has 0 amide bonds. The van der Waals surface area contributed by atoms with E-state index in [9.17, 15) is 8.42 Å². The summed E-state index contributed by atoms with van der Waals surface area (Å²) in [5.74, 6) is 0.494. The molecule has 0 saturated heterocycles. The average Bonchev–Trinajstić information content (AvgIpc) is 2.44. The van der Waals surface area contributed by atoms with Crippen LogP contribution in [0.25, 0.3) is 0 Å². The summed E-state index contributed by atoms with van der Waals surface area (Å²) in [5.41, 5.74) is 1.34. The molecule has 0 aliphatic rings. The number of hydrogen-bond acceptors (Lipinski definition) is 2. The molecular weight excluding hydrogens is 353 g/mol. The van der Waals surface area contributed by atoms with Crippen molar-refractivity contribution in [3.8, 4) is 0 Å². The first-order valence-electron chi connectivity index (χ1n) is 6.05. The lowest BCUT2D eigenvalue weighted by Gasteiger charge is -2.09. The minimum absolute atomic E-state index is 0.173. The molecule has 112 valence electrons. The molecule has 0 aliphatic carbocycles. The Hall–Kier alpha value is -0.940. The van der Waals surface area contributed by atoms with E-state index in [1.807, 2.05) is 0 Å². The van der Waals surface area contributed by atoms with E-state index in [4.69, 9.17) is 34.8 Å². The maximum absolute atomic E-state index is 12.3. The van der Waals surface area contributed by atoms with Crippen molar-refractivity contribution in [3.05, 3.63) is 58.1 Å². The molecule has 0 heterocycles. The van der Waals surface area contributed by atoms with Gasteiger partial charge in [0.05, 0.1) is 20.6 Å². The largest absolute Gasteiger partial charge is 0.280 e. The lowest BCUT2D eigenvalue weighted by atomic mass is 10.2. The number of rotatable bonds is 5. The second-order valence-corrected chi connectivity index (χ2v) is 7.19. The molecule has 0 atom stereocenters. The molecule has 3 nitrogen and oxygen atoms in total. The van der Waals surface area contributed by atoms with Crippen molar-refractivity contribution >= 4 is 50.5 Å². The van der Waals surface area contributed by atoms with Crippen LogP contribution in [-0.4, -0.2) is 14.3 Å². The third-order valence-electron chi connectivity index (χ3n) is 2.79. The highest BCUT2D eigenvalue weighted by Gasteiger charge is 2.14. The third kappa shape index (κ3) is 4.27. The summed E-state index contributed by atoms with van der Waals surface area (Å²) >= 11 is 17.3. The van der Waals surface area contributed by atoms with Gasteiger partial charge in [-0.2, -0.15) is 0 Å². The summed E-state index contributed by atoms with van der Waals surface area (Å²) in [7, 11) is -3.66. The summed E-state index contributed by atoms with van der Waals surface area (Å²) in [6, 6.07) is 11.1. The number of halogens is 3. The maximum atomic E-state index is 12.3. The minimum Gasteiger partial charge on any atom is -0.280 e. The second kappa shape index (κ2) is 6.88. The molecule has 2 aromatic rings. The van der Waals surface area contributed by atoms with Gasteiger partial charge in [0, 0.05) is 5.88 Å². The van der Waals surface area contributed by atoms with Crippen molar-refractivity contribution in [2.24, 2.45) is 0 Å². The van der Waals surface area contributed by atoms with Crippen molar-refractivity contribution in [3.63, 3.8) is 0 Å². The predicted molar refractivity (Wildman–Crippen MR) is 88.1 cm³/mol. The zero-order chi connectivity index (χ0) is 15.5. The molecule has 2 aromatic carbocycles. The Morgan fingerprint density at radius 2 is 1.62 bits per heavy atom. The molecule has 7 heteroatoms. The number of aryl methyl sites for hydroxylation is 1. The number of sulfonamides is 1. The van der Waals surface area contributed by atoms with E-state index in [1.165, 1.54) is 12.1 Å². The number of anilines is 1. The Kier molecular flexibility index (Phi) is 5.38.